The molecule has 0 bridgehead atoms. The Bertz CT molecular complexity index is 960. The summed E-state index contributed by atoms with van der Waals surface area (Å²) >= 11 is 0. The molecule has 0 heterocycles. The smallest absolute Gasteiger partial charge is 0.181 e. The highest BCUT2D eigenvalue weighted by atomic mass is 16.5. The maximum absolute atomic E-state index is 14.5. The van der Waals surface area contributed by atoms with E-state index in [1.165, 1.54) is 0 Å². The lowest BCUT2D eigenvalue weighted by molar-refractivity contribution is 0.0879. The Hall–Kier alpha value is -3.11. The first-order chi connectivity index (χ1) is 14.9. The Morgan fingerprint density at radius 1 is 0.871 bits per heavy atom. The molecule has 3 aromatic rings. The molecule has 0 aliphatic carbocycles. The summed E-state index contributed by atoms with van der Waals surface area (Å²) in [5.74, 6) is 1.16. The third-order valence-corrected chi connectivity index (χ3v) is 6.06. The fourth-order valence-corrected chi connectivity index (χ4v) is 4.05. The molecule has 31 heavy (non-hydrogen) atoms. The molecule has 162 valence electrons. The second-order valence-corrected chi connectivity index (χ2v) is 8.05. The number of carbonyl (C=O) groups excluding carboxylic acids is 1. The topological polar surface area (TPSA) is 38.8 Å². The van der Waals surface area contributed by atoms with Crippen molar-refractivity contribution in [3.63, 3.8) is 0 Å². The second kappa shape index (κ2) is 9.80. The third kappa shape index (κ3) is 4.49. The van der Waals surface area contributed by atoms with E-state index >= 15 is 0 Å². The van der Waals surface area contributed by atoms with E-state index in [2.05, 4.69) is 11.8 Å². The van der Waals surface area contributed by atoms with Crippen LogP contribution in [0.3, 0.4) is 0 Å². The van der Waals surface area contributed by atoms with Crippen molar-refractivity contribution in [3.05, 3.63) is 95.6 Å². The molecule has 0 saturated heterocycles. The van der Waals surface area contributed by atoms with Crippen molar-refractivity contribution in [2.75, 3.05) is 28.3 Å². The van der Waals surface area contributed by atoms with Gasteiger partial charge in [-0.25, -0.2) is 0 Å². The maximum atomic E-state index is 14.5. The first kappa shape index (κ1) is 22.6. The minimum atomic E-state index is -0.883. The zero-order valence-electron chi connectivity index (χ0n) is 19.0. The van der Waals surface area contributed by atoms with Crippen LogP contribution in [0.4, 0.5) is 0 Å². The summed E-state index contributed by atoms with van der Waals surface area (Å²) in [6, 6.07) is 25.6. The molecule has 4 heteroatoms. The van der Waals surface area contributed by atoms with Crippen molar-refractivity contribution in [1.29, 1.82) is 0 Å². The number of ether oxygens (including phenoxy) is 2. The van der Waals surface area contributed by atoms with E-state index in [4.69, 9.17) is 9.47 Å². The lowest BCUT2D eigenvalue weighted by atomic mass is 9.66. The highest BCUT2D eigenvalue weighted by molar-refractivity contribution is 6.08. The SMILES string of the molecule is COc1ccc(OC)c(C(=O)C(C[C@H](C)N(C)C)(c2ccccc2)c2ccccc2)c1. The van der Waals surface area contributed by atoms with Gasteiger partial charge in [-0.3, -0.25) is 4.79 Å². The van der Waals surface area contributed by atoms with Crippen LogP contribution >= 0.6 is 0 Å². The van der Waals surface area contributed by atoms with Crippen LogP contribution in [-0.4, -0.2) is 45.0 Å². The third-order valence-electron chi connectivity index (χ3n) is 6.06. The molecular formula is C27H31NO3. The number of Topliss-reactive ketones (excluding diaryl/α,β-unsaturated/α-hetero) is 1. The Morgan fingerprint density at radius 2 is 1.42 bits per heavy atom. The quantitative estimate of drug-likeness (QED) is 0.448. The number of methoxy groups -OCH3 is 2. The number of hydrogen-bond donors (Lipinski definition) is 0. The Balaban J connectivity index is 2.33. The van der Waals surface area contributed by atoms with Crippen LogP contribution < -0.4 is 9.47 Å². The van der Waals surface area contributed by atoms with E-state index in [1.54, 1.807) is 26.4 Å². The van der Waals surface area contributed by atoms with Crippen LogP contribution in [0.15, 0.2) is 78.9 Å². The zero-order chi connectivity index (χ0) is 22.4. The van der Waals surface area contributed by atoms with Gasteiger partial charge in [0.1, 0.15) is 11.5 Å². The lowest BCUT2D eigenvalue weighted by Gasteiger charge is -2.38. The van der Waals surface area contributed by atoms with E-state index in [0.29, 0.717) is 23.5 Å². The summed E-state index contributed by atoms with van der Waals surface area (Å²) in [5, 5.41) is 0. The van der Waals surface area contributed by atoms with E-state index in [1.807, 2.05) is 80.8 Å². The minimum Gasteiger partial charge on any atom is -0.497 e. The van der Waals surface area contributed by atoms with Crippen molar-refractivity contribution >= 4 is 5.78 Å². The molecule has 3 aromatic carbocycles. The van der Waals surface area contributed by atoms with Crippen molar-refractivity contribution in [2.45, 2.75) is 24.8 Å². The molecular weight excluding hydrogens is 386 g/mol. The molecule has 1 atom stereocenters. The van der Waals surface area contributed by atoms with Crippen molar-refractivity contribution in [2.24, 2.45) is 0 Å². The van der Waals surface area contributed by atoms with Gasteiger partial charge in [0.2, 0.25) is 0 Å². The summed E-state index contributed by atoms with van der Waals surface area (Å²) in [6.07, 6.45) is 0.618. The Kier molecular flexibility index (Phi) is 7.13. The molecule has 0 amide bonds. The fraction of sp³-hybridized carbons (Fsp3) is 0.296. The van der Waals surface area contributed by atoms with Crippen LogP contribution in [0.5, 0.6) is 11.5 Å². The van der Waals surface area contributed by atoms with Crippen LogP contribution in [-0.2, 0) is 5.41 Å². The lowest BCUT2D eigenvalue weighted by Crippen LogP contribution is -2.43. The van der Waals surface area contributed by atoms with Gasteiger partial charge in [-0.1, -0.05) is 60.7 Å². The number of rotatable bonds is 9. The van der Waals surface area contributed by atoms with E-state index < -0.39 is 5.41 Å². The first-order valence-corrected chi connectivity index (χ1v) is 10.5. The summed E-state index contributed by atoms with van der Waals surface area (Å²) in [7, 11) is 7.28. The summed E-state index contributed by atoms with van der Waals surface area (Å²) < 4.78 is 11.0. The zero-order valence-corrected chi connectivity index (χ0v) is 19.0. The van der Waals surface area contributed by atoms with Gasteiger partial charge in [0.25, 0.3) is 0 Å². The van der Waals surface area contributed by atoms with Gasteiger partial charge in [-0.2, -0.15) is 0 Å². The van der Waals surface area contributed by atoms with Crippen LogP contribution in [0.1, 0.15) is 34.8 Å². The number of carbonyl (C=O) groups is 1. The molecule has 0 saturated carbocycles. The average molecular weight is 418 g/mol. The van der Waals surface area contributed by atoms with E-state index in [9.17, 15) is 4.79 Å². The monoisotopic (exact) mass is 417 g/mol. The largest absolute Gasteiger partial charge is 0.497 e. The van der Waals surface area contributed by atoms with Crippen molar-refractivity contribution < 1.29 is 14.3 Å². The van der Waals surface area contributed by atoms with Gasteiger partial charge in [-0.05, 0) is 56.8 Å². The molecule has 0 spiro atoms. The maximum Gasteiger partial charge on any atom is 0.181 e. The fourth-order valence-electron chi connectivity index (χ4n) is 4.05. The molecule has 3 rings (SSSR count). The van der Waals surface area contributed by atoms with Gasteiger partial charge >= 0.3 is 0 Å². The summed E-state index contributed by atoms with van der Waals surface area (Å²) in [5.41, 5.74) is 1.56. The number of nitrogens with zero attached hydrogens (tertiary/aromatic N) is 1. The Labute approximate surface area is 185 Å². The molecule has 0 aliphatic rings. The Morgan fingerprint density at radius 3 is 1.87 bits per heavy atom. The predicted octanol–water partition coefficient (Wildman–Crippen LogP) is 5.21. The highest BCUT2D eigenvalue weighted by Gasteiger charge is 2.44. The standard InChI is InChI=1S/C27H31NO3/c1-20(28(2)3)19-27(21-12-8-6-9-13-21,22-14-10-7-11-15-22)26(29)24-18-23(30-4)16-17-25(24)31-5/h6-18,20H,19H2,1-5H3/t20-/m0/s1. The normalized spacial score (nSPS) is 12.5. The van der Waals surface area contributed by atoms with Gasteiger partial charge in [0.05, 0.1) is 25.2 Å². The molecule has 0 unspecified atom stereocenters. The first-order valence-electron chi connectivity index (χ1n) is 10.5. The van der Waals surface area contributed by atoms with Gasteiger partial charge < -0.3 is 14.4 Å². The van der Waals surface area contributed by atoms with Crippen LogP contribution in [0.25, 0.3) is 0 Å². The second-order valence-electron chi connectivity index (χ2n) is 8.05. The molecule has 4 nitrogen and oxygen atoms in total. The molecule has 0 aliphatic heterocycles. The van der Waals surface area contributed by atoms with Gasteiger partial charge in [-0.15, -0.1) is 0 Å². The number of hydrogen-bond acceptors (Lipinski definition) is 4. The van der Waals surface area contributed by atoms with E-state index in [0.717, 1.165) is 11.1 Å². The summed E-state index contributed by atoms with van der Waals surface area (Å²) in [4.78, 5) is 16.7. The molecule has 0 N–H and O–H groups in total. The van der Waals surface area contributed by atoms with Crippen molar-refractivity contribution in [1.82, 2.24) is 4.90 Å². The minimum absolute atomic E-state index is 0.00523. The van der Waals surface area contributed by atoms with Gasteiger partial charge in [0.15, 0.2) is 5.78 Å². The van der Waals surface area contributed by atoms with Crippen LogP contribution in [0.2, 0.25) is 0 Å². The predicted molar refractivity (Wildman–Crippen MR) is 125 cm³/mol. The highest BCUT2D eigenvalue weighted by Crippen LogP contribution is 2.42. The number of ketones is 1. The molecule has 0 fully saturated rings. The van der Waals surface area contributed by atoms with Crippen molar-refractivity contribution in [3.8, 4) is 11.5 Å². The average Bonchev–Trinajstić information content (AvgIpc) is 2.82. The van der Waals surface area contributed by atoms with Crippen LogP contribution in [0, 0.1) is 0 Å². The summed E-state index contributed by atoms with van der Waals surface area (Å²) in [6.45, 7) is 2.15. The van der Waals surface area contributed by atoms with E-state index in [-0.39, 0.29) is 11.8 Å². The van der Waals surface area contributed by atoms with Gasteiger partial charge in [0, 0.05) is 6.04 Å². The molecule has 0 aromatic heterocycles. The molecule has 0 radical (unpaired) electrons. The number of benzene rings is 3.